The minimum absolute atomic E-state index is 0.0725. The number of cyclic esters (lactones) is 1. The van der Waals surface area contributed by atoms with Gasteiger partial charge in [0.05, 0.1) is 24.6 Å². The van der Waals surface area contributed by atoms with Gasteiger partial charge in [0, 0.05) is 19.4 Å². The van der Waals surface area contributed by atoms with Gasteiger partial charge in [-0.1, -0.05) is 43.2 Å². The lowest BCUT2D eigenvalue weighted by Crippen LogP contribution is -2.55. The summed E-state index contributed by atoms with van der Waals surface area (Å²) in [6.45, 7) is 4.16. The van der Waals surface area contributed by atoms with Gasteiger partial charge in [0.2, 0.25) is 5.91 Å². The number of ether oxygens (including phenoxy) is 3. The van der Waals surface area contributed by atoms with Crippen molar-refractivity contribution in [3.8, 4) is 6.01 Å². The highest BCUT2D eigenvalue weighted by Gasteiger charge is 2.46. The van der Waals surface area contributed by atoms with Gasteiger partial charge >= 0.3 is 12.1 Å². The zero-order valence-electron chi connectivity index (χ0n) is 24.6. The molecule has 0 spiro atoms. The van der Waals surface area contributed by atoms with E-state index in [2.05, 4.69) is 16.9 Å². The summed E-state index contributed by atoms with van der Waals surface area (Å²) in [5, 5.41) is 3.33. The second kappa shape index (κ2) is 13.9. The topological polar surface area (TPSA) is 129 Å². The quantitative estimate of drug-likeness (QED) is 0.409. The van der Waals surface area contributed by atoms with Crippen LogP contribution in [0.3, 0.4) is 0 Å². The highest BCUT2D eigenvalue weighted by Crippen LogP contribution is 2.32. The molecule has 2 aromatic rings. The zero-order valence-corrected chi connectivity index (χ0v) is 24.6. The summed E-state index contributed by atoms with van der Waals surface area (Å²) < 4.78 is 18.7. The molecule has 230 valence electrons. The Bertz CT molecular complexity index is 1430. The molecule has 4 atom stereocenters. The fourth-order valence-electron chi connectivity index (χ4n) is 6.33. The molecule has 2 bridgehead atoms. The van der Waals surface area contributed by atoms with Crippen molar-refractivity contribution in [2.45, 2.75) is 88.6 Å². The number of nitrogens with zero attached hydrogens (tertiary/aromatic N) is 3. The van der Waals surface area contributed by atoms with Crippen molar-refractivity contribution in [1.82, 2.24) is 19.8 Å². The van der Waals surface area contributed by atoms with Crippen LogP contribution in [-0.4, -0.2) is 70.4 Å². The minimum atomic E-state index is -0.910. The van der Waals surface area contributed by atoms with Crippen LogP contribution in [0.5, 0.6) is 6.01 Å². The SMILES string of the molecule is C=CCCC1C/C=C/CCn2c(nc3ccccc3c2=O)O[C@@H]2C[C@@H](C(=O)OC)N(C2)C(=O)C(C2CCCC2)NC(=O)O1. The summed E-state index contributed by atoms with van der Waals surface area (Å²) in [6, 6.07) is 5.45. The molecule has 2 unspecified atom stereocenters. The number of hydrogen-bond acceptors (Lipinski definition) is 8. The number of hydrogen-bond donors (Lipinski definition) is 1. The zero-order chi connectivity index (χ0) is 30.3. The number of rotatable bonds is 5. The summed E-state index contributed by atoms with van der Waals surface area (Å²) >= 11 is 0. The summed E-state index contributed by atoms with van der Waals surface area (Å²) in [7, 11) is 1.28. The molecule has 2 amide bonds. The molecule has 2 aliphatic heterocycles. The molecule has 1 aromatic carbocycles. The van der Waals surface area contributed by atoms with Crippen LogP contribution in [0.4, 0.5) is 4.79 Å². The van der Waals surface area contributed by atoms with E-state index >= 15 is 0 Å². The van der Waals surface area contributed by atoms with Crippen molar-refractivity contribution in [2.75, 3.05) is 13.7 Å². The van der Waals surface area contributed by atoms with Crippen molar-refractivity contribution in [1.29, 1.82) is 0 Å². The van der Waals surface area contributed by atoms with E-state index in [9.17, 15) is 19.2 Å². The lowest BCUT2D eigenvalue weighted by molar-refractivity contribution is -0.152. The Kier molecular flexibility index (Phi) is 9.79. The molecule has 11 nitrogen and oxygen atoms in total. The predicted octanol–water partition coefficient (Wildman–Crippen LogP) is 3.89. The number of alkyl carbamates (subject to hydrolysis) is 1. The number of nitrogens with one attached hydrogen (secondary N) is 1. The highest BCUT2D eigenvalue weighted by atomic mass is 16.6. The number of methoxy groups -OCH3 is 1. The van der Waals surface area contributed by atoms with E-state index in [1.807, 2.05) is 12.2 Å². The van der Waals surface area contributed by atoms with Gasteiger partial charge in [0.15, 0.2) is 0 Å². The summed E-state index contributed by atoms with van der Waals surface area (Å²) in [4.78, 5) is 59.9. The van der Waals surface area contributed by atoms with Crippen molar-refractivity contribution < 1.29 is 28.6 Å². The number of carbonyl (C=O) groups excluding carboxylic acids is 3. The van der Waals surface area contributed by atoms with Crippen molar-refractivity contribution in [2.24, 2.45) is 5.92 Å². The predicted molar refractivity (Wildman–Crippen MR) is 160 cm³/mol. The monoisotopic (exact) mass is 592 g/mol. The second-order valence-electron chi connectivity index (χ2n) is 11.4. The van der Waals surface area contributed by atoms with Gasteiger partial charge in [0.1, 0.15) is 24.3 Å². The summed E-state index contributed by atoms with van der Waals surface area (Å²) in [5.74, 6) is -1.03. The van der Waals surface area contributed by atoms with Crippen LogP contribution in [0.1, 0.15) is 57.8 Å². The molecule has 3 heterocycles. The van der Waals surface area contributed by atoms with Gasteiger partial charge in [0.25, 0.3) is 11.6 Å². The summed E-state index contributed by atoms with van der Waals surface area (Å²) in [6.07, 6.45) is 9.79. The molecular weight excluding hydrogens is 552 g/mol. The fourth-order valence-corrected chi connectivity index (χ4v) is 6.33. The van der Waals surface area contributed by atoms with E-state index in [1.54, 1.807) is 30.3 Å². The third-order valence-electron chi connectivity index (χ3n) is 8.58. The Balaban J connectivity index is 1.53. The van der Waals surface area contributed by atoms with E-state index in [1.165, 1.54) is 16.6 Å². The molecule has 3 aliphatic rings. The number of fused-ring (bicyclic) bond motifs is 4. The van der Waals surface area contributed by atoms with Gasteiger partial charge in [-0.2, -0.15) is 4.98 Å². The van der Waals surface area contributed by atoms with E-state index < -0.39 is 36.4 Å². The number of allylic oxidation sites excluding steroid dienone is 2. The third-order valence-corrected chi connectivity index (χ3v) is 8.58. The summed E-state index contributed by atoms with van der Waals surface area (Å²) in [5.41, 5.74) is 0.271. The molecule has 43 heavy (non-hydrogen) atoms. The normalized spacial score (nSPS) is 26.1. The molecule has 1 N–H and O–H groups in total. The molecule has 11 heteroatoms. The first-order valence-corrected chi connectivity index (χ1v) is 15.2. The third kappa shape index (κ3) is 6.92. The smallest absolute Gasteiger partial charge is 0.408 e. The average Bonchev–Trinajstić information content (AvgIpc) is 3.69. The van der Waals surface area contributed by atoms with Crippen molar-refractivity contribution in [3.05, 3.63) is 59.4 Å². The molecule has 1 saturated heterocycles. The van der Waals surface area contributed by atoms with Crippen LogP contribution in [0.2, 0.25) is 0 Å². The Morgan fingerprint density at radius 3 is 2.72 bits per heavy atom. The molecule has 1 saturated carbocycles. The minimum Gasteiger partial charge on any atom is -0.467 e. The van der Waals surface area contributed by atoms with Crippen LogP contribution >= 0.6 is 0 Å². The van der Waals surface area contributed by atoms with Gasteiger partial charge < -0.3 is 24.4 Å². The molecular formula is C32H40N4O7. The second-order valence-corrected chi connectivity index (χ2v) is 11.4. The Morgan fingerprint density at radius 1 is 1.16 bits per heavy atom. The Labute approximate surface area is 250 Å². The first kappa shape index (κ1) is 30.3. The van der Waals surface area contributed by atoms with Gasteiger partial charge in [-0.05, 0) is 50.2 Å². The van der Waals surface area contributed by atoms with E-state index in [0.29, 0.717) is 43.1 Å². The number of para-hydroxylation sites is 1. The molecule has 1 aliphatic carbocycles. The number of benzene rings is 1. The van der Waals surface area contributed by atoms with Crippen LogP contribution in [0, 0.1) is 5.92 Å². The van der Waals surface area contributed by atoms with Crippen LogP contribution in [-0.2, 0) is 25.6 Å². The van der Waals surface area contributed by atoms with Crippen LogP contribution < -0.4 is 15.6 Å². The largest absolute Gasteiger partial charge is 0.467 e. The number of aromatic nitrogens is 2. The van der Waals surface area contributed by atoms with E-state index in [-0.39, 0.29) is 36.4 Å². The van der Waals surface area contributed by atoms with E-state index in [0.717, 1.165) is 25.7 Å². The van der Waals surface area contributed by atoms with Crippen molar-refractivity contribution in [3.63, 3.8) is 0 Å². The molecule has 1 aromatic heterocycles. The molecule has 5 rings (SSSR count). The first-order chi connectivity index (χ1) is 20.9. The van der Waals surface area contributed by atoms with Gasteiger partial charge in [-0.3, -0.25) is 14.2 Å². The lowest BCUT2D eigenvalue weighted by Gasteiger charge is -2.31. The van der Waals surface area contributed by atoms with Gasteiger partial charge in [-0.25, -0.2) is 9.59 Å². The van der Waals surface area contributed by atoms with Crippen LogP contribution in [0.15, 0.2) is 53.9 Å². The number of esters is 1. The highest BCUT2D eigenvalue weighted by molar-refractivity contribution is 5.90. The fraction of sp³-hybridized carbons (Fsp3) is 0.531. The Morgan fingerprint density at radius 2 is 1.95 bits per heavy atom. The van der Waals surface area contributed by atoms with Crippen LogP contribution in [0.25, 0.3) is 10.9 Å². The molecule has 2 fully saturated rings. The maximum atomic E-state index is 14.1. The lowest BCUT2D eigenvalue weighted by atomic mass is 9.96. The maximum Gasteiger partial charge on any atom is 0.408 e. The standard InChI is InChI=1S/C32H40N4O7/c1-3-4-14-22-15-6-5-11-18-35-28(37)24-16-9-10-17-25(24)33-31(35)42-23-19-26(30(39)41-2)36(20-23)29(38)27(34-32(40)43-22)21-12-7-8-13-21/h3,5-6,9-10,16-17,21-23,26-27H,1,4,7-8,11-15,18-20H2,2H3,(H,34,40)/b6-5+/t22?,23-,26+,27?/m1/s1. The number of carbonyl (C=O) groups is 3. The van der Waals surface area contributed by atoms with Gasteiger partial charge in [-0.15, -0.1) is 6.58 Å². The van der Waals surface area contributed by atoms with Crippen molar-refractivity contribution >= 4 is 28.9 Å². The van der Waals surface area contributed by atoms with E-state index in [4.69, 9.17) is 14.2 Å². The molecule has 0 radical (unpaired) electrons. The average molecular weight is 593 g/mol. The maximum absolute atomic E-state index is 14.1. The number of amides is 2. The first-order valence-electron chi connectivity index (χ1n) is 15.2. The Hall–Kier alpha value is -4.15.